The van der Waals surface area contributed by atoms with E-state index in [1.165, 1.54) is 19.4 Å². The molecule has 0 unspecified atom stereocenters. The zero-order valence-corrected chi connectivity index (χ0v) is 9.45. The summed E-state index contributed by atoms with van der Waals surface area (Å²) in [7, 11) is 1.28. The van der Waals surface area contributed by atoms with E-state index in [4.69, 9.17) is 0 Å². The van der Waals surface area contributed by atoms with E-state index in [1.807, 2.05) is 0 Å². The molecule has 88 valence electrons. The number of aromatic nitrogens is 2. The maximum atomic E-state index is 13.1. The van der Waals surface area contributed by atoms with E-state index < -0.39 is 5.97 Å². The Morgan fingerprint density at radius 2 is 2.24 bits per heavy atom. The van der Waals surface area contributed by atoms with E-state index in [1.54, 1.807) is 19.1 Å². The third-order valence-corrected chi connectivity index (χ3v) is 2.42. The molecule has 1 heterocycles. The molecule has 2 rings (SSSR count). The highest BCUT2D eigenvalue weighted by Gasteiger charge is 2.11. The smallest absolute Gasteiger partial charge is 0.374 e. The summed E-state index contributed by atoms with van der Waals surface area (Å²) >= 11 is 0. The Morgan fingerprint density at radius 3 is 2.88 bits per heavy atom. The number of esters is 1. The summed E-state index contributed by atoms with van der Waals surface area (Å²) in [5.41, 5.74) is 1.96. The SMILES string of the molecule is COC(=O)c1ncc(-c2ccc(F)c(C)c2)[nH]1. The molecule has 0 amide bonds. The second kappa shape index (κ2) is 4.37. The van der Waals surface area contributed by atoms with Gasteiger partial charge in [-0.2, -0.15) is 0 Å². The van der Waals surface area contributed by atoms with Crippen LogP contribution in [0, 0.1) is 12.7 Å². The van der Waals surface area contributed by atoms with Crippen LogP contribution in [0.15, 0.2) is 24.4 Å². The fourth-order valence-electron chi connectivity index (χ4n) is 1.48. The van der Waals surface area contributed by atoms with Gasteiger partial charge in [-0.3, -0.25) is 0 Å². The van der Waals surface area contributed by atoms with E-state index in [0.29, 0.717) is 11.3 Å². The van der Waals surface area contributed by atoms with Crippen LogP contribution in [-0.2, 0) is 4.74 Å². The third kappa shape index (κ3) is 2.18. The molecule has 4 nitrogen and oxygen atoms in total. The van der Waals surface area contributed by atoms with E-state index >= 15 is 0 Å². The van der Waals surface area contributed by atoms with Gasteiger partial charge >= 0.3 is 5.97 Å². The van der Waals surface area contributed by atoms with E-state index in [2.05, 4.69) is 14.7 Å². The van der Waals surface area contributed by atoms with Crippen molar-refractivity contribution in [2.75, 3.05) is 7.11 Å². The second-order valence-corrected chi connectivity index (χ2v) is 3.60. The standard InChI is InChI=1S/C12H11FN2O2/c1-7-5-8(3-4-9(7)13)10-6-14-11(15-10)12(16)17-2/h3-6H,1-2H3,(H,14,15). The van der Waals surface area contributed by atoms with Crippen molar-refractivity contribution in [3.63, 3.8) is 0 Å². The Balaban J connectivity index is 2.37. The van der Waals surface area contributed by atoms with Crippen molar-refractivity contribution in [1.82, 2.24) is 9.97 Å². The molecule has 0 fully saturated rings. The minimum atomic E-state index is -0.532. The highest BCUT2D eigenvalue weighted by Crippen LogP contribution is 2.20. The first-order valence-electron chi connectivity index (χ1n) is 5.01. The molecule has 0 radical (unpaired) electrons. The van der Waals surface area contributed by atoms with Gasteiger partial charge in [0.2, 0.25) is 5.82 Å². The molecular weight excluding hydrogens is 223 g/mol. The van der Waals surface area contributed by atoms with E-state index in [9.17, 15) is 9.18 Å². The van der Waals surface area contributed by atoms with Gasteiger partial charge in [0.1, 0.15) is 5.82 Å². The number of imidazole rings is 1. The number of nitrogens with one attached hydrogen (secondary N) is 1. The Hall–Kier alpha value is -2.17. The van der Waals surface area contributed by atoms with Crippen LogP contribution in [0.3, 0.4) is 0 Å². The van der Waals surface area contributed by atoms with Gasteiger partial charge in [-0.25, -0.2) is 14.2 Å². The van der Waals surface area contributed by atoms with Crippen molar-refractivity contribution in [2.45, 2.75) is 6.92 Å². The van der Waals surface area contributed by atoms with Gasteiger partial charge in [0.05, 0.1) is 19.0 Å². The van der Waals surface area contributed by atoms with Crippen LogP contribution in [0.2, 0.25) is 0 Å². The number of carbonyl (C=O) groups is 1. The molecule has 1 N–H and O–H groups in total. The summed E-state index contributed by atoms with van der Waals surface area (Å²) in [6.45, 7) is 1.68. The van der Waals surface area contributed by atoms with Gasteiger partial charge in [-0.1, -0.05) is 0 Å². The van der Waals surface area contributed by atoms with Crippen molar-refractivity contribution in [2.24, 2.45) is 0 Å². The van der Waals surface area contributed by atoms with Crippen LogP contribution in [0.5, 0.6) is 0 Å². The Morgan fingerprint density at radius 1 is 1.47 bits per heavy atom. The highest BCUT2D eigenvalue weighted by molar-refractivity contribution is 5.86. The summed E-state index contributed by atoms with van der Waals surface area (Å²) in [5.74, 6) is -0.666. The zero-order chi connectivity index (χ0) is 12.4. The van der Waals surface area contributed by atoms with Crippen molar-refractivity contribution < 1.29 is 13.9 Å². The molecule has 0 atom stereocenters. The maximum absolute atomic E-state index is 13.1. The Bertz CT molecular complexity index is 563. The van der Waals surface area contributed by atoms with E-state index in [-0.39, 0.29) is 11.6 Å². The lowest BCUT2D eigenvalue weighted by Crippen LogP contribution is -2.03. The number of hydrogen-bond donors (Lipinski definition) is 1. The molecule has 1 aromatic carbocycles. The molecule has 0 aliphatic rings. The molecule has 0 spiro atoms. The predicted molar refractivity (Wildman–Crippen MR) is 60.1 cm³/mol. The van der Waals surface area contributed by atoms with Crippen LogP contribution in [0.25, 0.3) is 11.3 Å². The first-order valence-corrected chi connectivity index (χ1v) is 5.01. The number of aromatic amines is 1. The summed E-state index contributed by atoms with van der Waals surface area (Å²) in [4.78, 5) is 17.9. The van der Waals surface area contributed by atoms with Crippen LogP contribution in [-0.4, -0.2) is 23.0 Å². The summed E-state index contributed by atoms with van der Waals surface area (Å²) in [6, 6.07) is 4.68. The van der Waals surface area contributed by atoms with Crippen molar-refractivity contribution in [3.8, 4) is 11.3 Å². The van der Waals surface area contributed by atoms with Gasteiger partial charge < -0.3 is 9.72 Å². The Kier molecular flexibility index (Phi) is 2.91. The number of H-pyrrole nitrogens is 1. The quantitative estimate of drug-likeness (QED) is 0.811. The minimum absolute atomic E-state index is 0.129. The number of carbonyl (C=O) groups excluding carboxylic acids is 1. The van der Waals surface area contributed by atoms with Crippen LogP contribution >= 0.6 is 0 Å². The maximum Gasteiger partial charge on any atom is 0.374 e. The molecule has 17 heavy (non-hydrogen) atoms. The first kappa shape index (κ1) is 11.3. The van der Waals surface area contributed by atoms with Crippen LogP contribution in [0.4, 0.5) is 4.39 Å². The minimum Gasteiger partial charge on any atom is -0.463 e. The summed E-state index contributed by atoms with van der Waals surface area (Å²) in [6.07, 6.45) is 1.51. The van der Waals surface area contributed by atoms with E-state index in [0.717, 1.165) is 5.56 Å². The van der Waals surface area contributed by atoms with Crippen LogP contribution < -0.4 is 0 Å². The average Bonchev–Trinajstić information content (AvgIpc) is 2.81. The summed E-state index contributed by atoms with van der Waals surface area (Å²) in [5, 5.41) is 0. The molecule has 0 saturated carbocycles. The lowest BCUT2D eigenvalue weighted by Gasteiger charge is -2.00. The molecule has 5 heteroatoms. The third-order valence-electron chi connectivity index (χ3n) is 2.42. The fraction of sp³-hybridized carbons (Fsp3) is 0.167. The fourth-order valence-corrected chi connectivity index (χ4v) is 1.48. The number of ether oxygens (including phenoxy) is 1. The lowest BCUT2D eigenvalue weighted by atomic mass is 10.1. The number of aryl methyl sites for hydroxylation is 1. The predicted octanol–water partition coefficient (Wildman–Crippen LogP) is 2.31. The number of hydrogen-bond acceptors (Lipinski definition) is 3. The van der Waals surface area contributed by atoms with Gasteiger partial charge in [-0.15, -0.1) is 0 Å². The topological polar surface area (TPSA) is 55.0 Å². The second-order valence-electron chi connectivity index (χ2n) is 3.60. The highest BCUT2D eigenvalue weighted by atomic mass is 19.1. The molecule has 2 aromatic rings. The van der Waals surface area contributed by atoms with Gasteiger partial charge in [0, 0.05) is 5.56 Å². The number of nitrogens with zero attached hydrogens (tertiary/aromatic N) is 1. The first-order chi connectivity index (χ1) is 8.11. The average molecular weight is 234 g/mol. The zero-order valence-electron chi connectivity index (χ0n) is 9.45. The van der Waals surface area contributed by atoms with Gasteiger partial charge in [-0.05, 0) is 30.7 Å². The molecule has 0 aliphatic heterocycles. The number of halogens is 1. The van der Waals surface area contributed by atoms with Crippen molar-refractivity contribution in [3.05, 3.63) is 41.6 Å². The normalized spacial score (nSPS) is 10.3. The number of methoxy groups -OCH3 is 1. The largest absolute Gasteiger partial charge is 0.463 e. The molecule has 0 aliphatic carbocycles. The molecule has 0 bridgehead atoms. The molecule has 1 aromatic heterocycles. The lowest BCUT2D eigenvalue weighted by molar-refractivity contribution is 0.0588. The monoisotopic (exact) mass is 234 g/mol. The Labute approximate surface area is 97.5 Å². The van der Waals surface area contributed by atoms with Gasteiger partial charge in [0.25, 0.3) is 0 Å². The number of rotatable bonds is 2. The molecular formula is C12H11FN2O2. The van der Waals surface area contributed by atoms with Crippen molar-refractivity contribution in [1.29, 1.82) is 0 Å². The molecule has 0 saturated heterocycles. The van der Waals surface area contributed by atoms with Gasteiger partial charge in [0.15, 0.2) is 0 Å². The van der Waals surface area contributed by atoms with Crippen molar-refractivity contribution >= 4 is 5.97 Å². The summed E-state index contributed by atoms with van der Waals surface area (Å²) < 4.78 is 17.6. The van der Waals surface area contributed by atoms with Crippen LogP contribution in [0.1, 0.15) is 16.2 Å². The number of benzene rings is 1.